The van der Waals surface area contributed by atoms with Crippen LogP contribution in [-0.2, 0) is 14.4 Å². The number of nitrogens with zero attached hydrogens (tertiary/aromatic N) is 1. The monoisotopic (exact) mass is 199 g/mol. The zero-order valence-electron chi connectivity index (χ0n) is 8.57. The standard InChI is InChI=1S/C10H17NO3/c1-3-5-6-14-11(10(12)4-2)7-9-8-13-9/h4,9H,2-3,5-8H2,1H3. The van der Waals surface area contributed by atoms with E-state index in [2.05, 4.69) is 13.5 Å². The van der Waals surface area contributed by atoms with Gasteiger partial charge in [0.15, 0.2) is 0 Å². The molecule has 14 heavy (non-hydrogen) atoms. The molecular formula is C10H17NO3. The lowest BCUT2D eigenvalue weighted by molar-refractivity contribution is -0.182. The maximum absolute atomic E-state index is 11.3. The number of epoxide rings is 1. The summed E-state index contributed by atoms with van der Waals surface area (Å²) in [5.41, 5.74) is 0. The lowest BCUT2D eigenvalue weighted by Crippen LogP contribution is -2.33. The second-order valence-corrected chi connectivity index (χ2v) is 3.25. The normalized spacial score (nSPS) is 19.1. The van der Waals surface area contributed by atoms with E-state index in [-0.39, 0.29) is 12.0 Å². The quantitative estimate of drug-likeness (QED) is 0.267. The minimum Gasteiger partial charge on any atom is -0.371 e. The van der Waals surface area contributed by atoms with Gasteiger partial charge in [-0.05, 0) is 12.5 Å². The number of hydrogen-bond acceptors (Lipinski definition) is 3. The predicted octanol–water partition coefficient (Wildman–Crippen LogP) is 1.13. The number of ether oxygens (including phenoxy) is 1. The molecule has 1 rings (SSSR count). The summed E-state index contributed by atoms with van der Waals surface area (Å²) in [4.78, 5) is 16.6. The van der Waals surface area contributed by atoms with Gasteiger partial charge in [0.2, 0.25) is 0 Å². The third-order valence-electron chi connectivity index (χ3n) is 1.94. The van der Waals surface area contributed by atoms with Crippen LogP contribution in [0.25, 0.3) is 0 Å². The van der Waals surface area contributed by atoms with E-state index in [9.17, 15) is 4.79 Å². The fourth-order valence-corrected chi connectivity index (χ4v) is 0.986. The van der Waals surface area contributed by atoms with E-state index in [1.54, 1.807) is 0 Å². The van der Waals surface area contributed by atoms with Crippen LogP contribution in [-0.4, -0.2) is 36.8 Å². The molecule has 0 aromatic carbocycles. The molecule has 1 aliphatic heterocycles. The first kappa shape index (κ1) is 11.2. The summed E-state index contributed by atoms with van der Waals surface area (Å²) >= 11 is 0. The molecule has 1 aliphatic rings. The highest BCUT2D eigenvalue weighted by Gasteiger charge is 2.27. The largest absolute Gasteiger partial charge is 0.371 e. The van der Waals surface area contributed by atoms with Crippen molar-refractivity contribution in [1.29, 1.82) is 0 Å². The Balaban J connectivity index is 2.26. The second kappa shape index (κ2) is 5.78. The van der Waals surface area contributed by atoms with E-state index in [1.807, 2.05) is 0 Å². The number of rotatable bonds is 7. The van der Waals surface area contributed by atoms with E-state index >= 15 is 0 Å². The van der Waals surface area contributed by atoms with Gasteiger partial charge >= 0.3 is 0 Å². The molecule has 1 saturated heterocycles. The smallest absolute Gasteiger partial charge is 0.269 e. The first-order valence-corrected chi connectivity index (χ1v) is 4.96. The van der Waals surface area contributed by atoms with Gasteiger partial charge in [-0.25, -0.2) is 5.06 Å². The van der Waals surface area contributed by atoms with Gasteiger partial charge in [-0.2, -0.15) is 0 Å². The maximum atomic E-state index is 11.3. The van der Waals surface area contributed by atoms with Crippen LogP contribution >= 0.6 is 0 Å². The Hall–Kier alpha value is -0.870. The van der Waals surface area contributed by atoms with Crippen molar-refractivity contribution in [1.82, 2.24) is 5.06 Å². The van der Waals surface area contributed by atoms with Crippen molar-refractivity contribution >= 4 is 5.91 Å². The van der Waals surface area contributed by atoms with Crippen LogP contribution in [0.2, 0.25) is 0 Å². The van der Waals surface area contributed by atoms with E-state index in [0.717, 1.165) is 19.4 Å². The molecular weight excluding hydrogens is 182 g/mol. The third kappa shape index (κ3) is 3.89. The van der Waals surface area contributed by atoms with Gasteiger partial charge in [-0.15, -0.1) is 0 Å². The summed E-state index contributed by atoms with van der Waals surface area (Å²) in [7, 11) is 0. The van der Waals surface area contributed by atoms with Gasteiger partial charge in [0.05, 0.1) is 19.8 Å². The minimum absolute atomic E-state index is 0.153. The number of carbonyl (C=O) groups excluding carboxylic acids is 1. The molecule has 0 aliphatic carbocycles. The van der Waals surface area contributed by atoms with Crippen LogP contribution in [0.3, 0.4) is 0 Å². The molecule has 0 spiro atoms. The maximum Gasteiger partial charge on any atom is 0.269 e. The van der Waals surface area contributed by atoms with Crippen LogP contribution in [0, 0.1) is 0 Å². The van der Waals surface area contributed by atoms with Gasteiger partial charge < -0.3 is 4.74 Å². The Labute approximate surface area is 84.4 Å². The Bertz CT molecular complexity index is 202. The number of carbonyl (C=O) groups is 1. The third-order valence-corrected chi connectivity index (χ3v) is 1.94. The van der Waals surface area contributed by atoms with Crippen LogP contribution in [0.5, 0.6) is 0 Å². The summed E-state index contributed by atoms with van der Waals surface area (Å²) in [6.07, 6.45) is 3.41. The van der Waals surface area contributed by atoms with Gasteiger partial charge in [-0.3, -0.25) is 9.63 Å². The highest BCUT2D eigenvalue weighted by Crippen LogP contribution is 2.11. The lowest BCUT2D eigenvalue weighted by Gasteiger charge is -2.19. The Morgan fingerprint density at radius 3 is 3.00 bits per heavy atom. The Morgan fingerprint density at radius 1 is 1.79 bits per heavy atom. The van der Waals surface area contributed by atoms with Crippen molar-refractivity contribution in [2.45, 2.75) is 25.9 Å². The Morgan fingerprint density at radius 2 is 2.50 bits per heavy atom. The topological polar surface area (TPSA) is 42.1 Å². The van der Waals surface area contributed by atoms with Crippen LogP contribution in [0.1, 0.15) is 19.8 Å². The summed E-state index contributed by atoms with van der Waals surface area (Å²) < 4.78 is 5.03. The summed E-state index contributed by atoms with van der Waals surface area (Å²) in [5.74, 6) is -0.198. The average molecular weight is 199 g/mol. The first-order valence-electron chi connectivity index (χ1n) is 4.96. The zero-order valence-corrected chi connectivity index (χ0v) is 8.57. The average Bonchev–Trinajstić information content (AvgIpc) is 2.99. The molecule has 4 heteroatoms. The molecule has 0 radical (unpaired) electrons. The van der Waals surface area contributed by atoms with E-state index in [4.69, 9.17) is 9.57 Å². The SMILES string of the molecule is C=CC(=O)N(CC1CO1)OCCCC. The predicted molar refractivity (Wildman–Crippen MR) is 52.5 cm³/mol. The molecule has 0 aromatic heterocycles. The summed E-state index contributed by atoms with van der Waals surface area (Å²) in [5, 5.41) is 1.33. The van der Waals surface area contributed by atoms with Gasteiger partial charge in [0, 0.05) is 0 Å². The molecule has 1 unspecified atom stereocenters. The van der Waals surface area contributed by atoms with Crippen molar-refractivity contribution in [3.63, 3.8) is 0 Å². The van der Waals surface area contributed by atoms with Crippen molar-refractivity contribution in [3.05, 3.63) is 12.7 Å². The molecule has 0 saturated carbocycles. The van der Waals surface area contributed by atoms with E-state index < -0.39 is 0 Å². The fourth-order valence-electron chi connectivity index (χ4n) is 0.986. The van der Waals surface area contributed by atoms with Crippen LogP contribution < -0.4 is 0 Å². The number of amides is 1. The molecule has 0 N–H and O–H groups in total. The van der Waals surface area contributed by atoms with Crippen molar-refractivity contribution in [2.75, 3.05) is 19.8 Å². The fraction of sp³-hybridized carbons (Fsp3) is 0.700. The molecule has 1 amide bonds. The minimum atomic E-state index is -0.198. The molecule has 0 bridgehead atoms. The molecule has 80 valence electrons. The zero-order chi connectivity index (χ0) is 10.4. The van der Waals surface area contributed by atoms with E-state index in [1.165, 1.54) is 11.1 Å². The van der Waals surface area contributed by atoms with Crippen LogP contribution in [0.4, 0.5) is 0 Å². The van der Waals surface area contributed by atoms with Gasteiger partial charge in [0.1, 0.15) is 6.10 Å². The highest BCUT2D eigenvalue weighted by atomic mass is 16.7. The van der Waals surface area contributed by atoms with Crippen molar-refractivity contribution in [2.24, 2.45) is 0 Å². The van der Waals surface area contributed by atoms with Crippen LogP contribution in [0.15, 0.2) is 12.7 Å². The second-order valence-electron chi connectivity index (χ2n) is 3.25. The van der Waals surface area contributed by atoms with Gasteiger partial charge in [-0.1, -0.05) is 19.9 Å². The molecule has 4 nitrogen and oxygen atoms in total. The summed E-state index contributed by atoms with van der Waals surface area (Å²) in [6.45, 7) is 7.30. The number of hydroxylamine groups is 2. The molecule has 0 aromatic rings. The van der Waals surface area contributed by atoms with Gasteiger partial charge in [0.25, 0.3) is 5.91 Å². The lowest BCUT2D eigenvalue weighted by atomic mass is 10.4. The van der Waals surface area contributed by atoms with Crippen molar-refractivity contribution in [3.8, 4) is 0 Å². The highest BCUT2D eigenvalue weighted by molar-refractivity contribution is 5.86. The molecule has 1 heterocycles. The van der Waals surface area contributed by atoms with Crippen molar-refractivity contribution < 1.29 is 14.4 Å². The van der Waals surface area contributed by atoms with E-state index in [0.29, 0.717) is 13.2 Å². The number of unbranched alkanes of at least 4 members (excludes halogenated alkanes) is 1. The number of hydrogen-bond donors (Lipinski definition) is 0. The molecule has 1 atom stereocenters. The molecule has 1 fully saturated rings. The first-order chi connectivity index (χ1) is 6.77. The Kier molecular flexibility index (Phi) is 4.62. The summed E-state index contributed by atoms with van der Waals surface area (Å²) in [6, 6.07) is 0.